The maximum atomic E-state index is 11.9. The van der Waals surface area contributed by atoms with Gasteiger partial charge in [-0.3, -0.25) is 9.69 Å². The van der Waals surface area contributed by atoms with Crippen LogP contribution in [0.2, 0.25) is 0 Å². The first-order valence-electron chi connectivity index (χ1n) is 5.55. The molecule has 100 valence electrons. The molecule has 0 fully saturated rings. The minimum atomic E-state index is -0.956. The molecular weight excluding hydrogens is 238 g/mol. The minimum Gasteiger partial charge on any atom is -0.467 e. The van der Waals surface area contributed by atoms with Crippen LogP contribution >= 0.6 is 0 Å². The van der Waals surface area contributed by atoms with E-state index in [1.54, 1.807) is 20.8 Å². The van der Waals surface area contributed by atoms with E-state index >= 15 is 0 Å². The molecule has 0 radical (unpaired) electrons. The van der Waals surface area contributed by atoms with Crippen molar-refractivity contribution in [2.24, 2.45) is 0 Å². The molecule has 0 N–H and O–H groups in total. The van der Waals surface area contributed by atoms with Crippen LogP contribution in [0.4, 0.5) is 4.79 Å². The molecule has 0 aliphatic carbocycles. The van der Waals surface area contributed by atoms with Gasteiger partial charge in [-0.2, -0.15) is 0 Å². The van der Waals surface area contributed by atoms with E-state index in [2.05, 4.69) is 4.74 Å². The Morgan fingerprint density at radius 3 is 2.50 bits per heavy atom. The van der Waals surface area contributed by atoms with Crippen LogP contribution in [0.3, 0.4) is 0 Å². The number of ether oxygens (including phenoxy) is 2. The van der Waals surface area contributed by atoms with Crippen LogP contribution in [0.15, 0.2) is 12.3 Å². The molecule has 0 aromatic heterocycles. The molecule has 6 heteroatoms. The number of methoxy groups -OCH3 is 1. The molecular formula is C12H17NO5. The van der Waals surface area contributed by atoms with Crippen molar-refractivity contribution in [3.8, 4) is 0 Å². The lowest BCUT2D eigenvalue weighted by molar-refractivity contribution is -0.147. The predicted molar refractivity (Wildman–Crippen MR) is 62.6 cm³/mol. The van der Waals surface area contributed by atoms with Crippen LogP contribution in [0, 0.1) is 0 Å². The van der Waals surface area contributed by atoms with Gasteiger partial charge in [-0.25, -0.2) is 9.59 Å². The maximum Gasteiger partial charge on any atom is 0.415 e. The van der Waals surface area contributed by atoms with E-state index in [4.69, 9.17) is 4.74 Å². The van der Waals surface area contributed by atoms with Gasteiger partial charge in [0.05, 0.1) is 7.11 Å². The van der Waals surface area contributed by atoms with E-state index in [1.165, 1.54) is 19.4 Å². The monoisotopic (exact) mass is 255 g/mol. The number of amides is 1. The van der Waals surface area contributed by atoms with Crippen LogP contribution < -0.4 is 0 Å². The molecule has 1 heterocycles. The SMILES string of the molecule is COC(=O)C1CC(=O)C=CN1C(=O)OC(C)(C)C. The minimum absolute atomic E-state index is 0.0948. The van der Waals surface area contributed by atoms with E-state index in [9.17, 15) is 14.4 Å². The summed E-state index contributed by atoms with van der Waals surface area (Å²) < 4.78 is 9.73. The summed E-state index contributed by atoms with van der Waals surface area (Å²) in [5.74, 6) is -0.872. The number of hydrogen-bond acceptors (Lipinski definition) is 5. The highest BCUT2D eigenvalue weighted by atomic mass is 16.6. The molecule has 0 aromatic rings. The highest BCUT2D eigenvalue weighted by Crippen LogP contribution is 2.18. The third kappa shape index (κ3) is 3.58. The quantitative estimate of drug-likeness (QED) is 0.659. The first-order valence-corrected chi connectivity index (χ1v) is 5.55. The van der Waals surface area contributed by atoms with Crippen molar-refractivity contribution in [1.29, 1.82) is 0 Å². The van der Waals surface area contributed by atoms with Crippen LogP contribution in [0.5, 0.6) is 0 Å². The summed E-state index contributed by atoms with van der Waals surface area (Å²) in [6, 6.07) is -0.956. The molecule has 1 aliphatic rings. The van der Waals surface area contributed by atoms with Gasteiger partial charge in [0, 0.05) is 12.6 Å². The van der Waals surface area contributed by atoms with Gasteiger partial charge in [0.15, 0.2) is 5.78 Å². The number of rotatable bonds is 1. The van der Waals surface area contributed by atoms with Crippen molar-refractivity contribution in [3.05, 3.63) is 12.3 Å². The lowest BCUT2D eigenvalue weighted by Gasteiger charge is -2.31. The molecule has 1 unspecified atom stereocenters. The number of ketones is 1. The van der Waals surface area contributed by atoms with Crippen molar-refractivity contribution in [2.45, 2.75) is 38.8 Å². The largest absolute Gasteiger partial charge is 0.467 e. The van der Waals surface area contributed by atoms with Gasteiger partial charge in [-0.05, 0) is 26.8 Å². The normalized spacial score (nSPS) is 19.7. The zero-order chi connectivity index (χ0) is 13.9. The zero-order valence-corrected chi connectivity index (χ0v) is 10.9. The van der Waals surface area contributed by atoms with Crippen LogP contribution in [-0.2, 0) is 19.1 Å². The zero-order valence-electron chi connectivity index (χ0n) is 10.9. The van der Waals surface area contributed by atoms with Gasteiger partial charge in [0.1, 0.15) is 11.6 Å². The van der Waals surface area contributed by atoms with Gasteiger partial charge < -0.3 is 9.47 Å². The van der Waals surface area contributed by atoms with E-state index in [1.807, 2.05) is 0 Å². The fourth-order valence-corrected chi connectivity index (χ4v) is 1.46. The van der Waals surface area contributed by atoms with Crippen LogP contribution in [0.25, 0.3) is 0 Å². The summed E-state index contributed by atoms with van der Waals surface area (Å²) in [4.78, 5) is 35.8. The molecule has 1 rings (SSSR count). The molecule has 0 spiro atoms. The maximum absolute atomic E-state index is 11.9. The van der Waals surface area contributed by atoms with Crippen molar-refractivity contribution in [1.82, 2.24) is 4.90 Å². The summed E-state index contributed by atoms with van der Waals surface area (Å²) in [7, 11) is 1.21. The average molecular weight is 255 g/mol. The van der Waals surface area contributed by atoms with Crippen molar-refractivity contribution in [3.63, 3.8) is 0 Å². The number of allylic oxidation sites excluding steroid dienone is 1. The van der Waals surface area contributed by atoms with Gasteiger partial charge in [0.25, 0.3) is 0 Å². The fraction of sp³-hybridized carbons (Fsp3) is 0.583. The number of hydrogen-bond donors (Lipinski definition) is 0. The third-order valence-electron chi connectivity index (χ3n) is 2.23. The van der Waals surface area contributed by atoms with Crippen LogP contribution in [-0.4, -0.2) is 41.5 Å². The molecule has 1 aliphatic heterocycles. The summed E-state index contributed by atoms with van der Waals surface area (Å²) in [5.41, 5.74) is -0.674. The Morgan fingerprint density at radius 2 is 2.00 bits per heavy atom. The van der Waals surface area contributed by atoms with Gasteiger partial charge in [-0.1, -0.05) is 0 Å². The van der Waals surface area contributed by atoms with E-state index < -0.39 is 23.7 Å². The molecule has 18 heavy (non-hydrogen) atoms. The topological polar surface area (TPSA) is 72.9 Å². The Hall–Kier alpha value is -1.85. The summed E-state index contributed by atoms with van der Waals surface area (Å²) in [6.45, 7) is 5.16. The van der Waals surface area contributed by atoms with E-state index in [-0.39, 0.29) is 12.2 Å². The predicted octanol–water partition coefficient (Wildman–Crippen LogP) is 1.25. The Kier molecular flexibility index (Phi) is 4.11. The Labute approximate surface area is 106 Å². The second-order valence-corrected chi connectivity index (χ2v) is 4.91. The fourth-order valence-electron chi connectivity index (χ4n) is 1.46. The van der Waals surface area contributed by atoms with Gasteiger partial charge >= 0.3 is 12.1 Å². The van der Waals surface area contributed by atoms with Crippen LogP contribution in [0.1, 0.15) is 27.2 Å². The van der Waals surface area contributed by atoms with Gasteiger partial charge in [0.2, 0.25) is 0 Å². The number of esters is 1. The second kappa shape index (κ2) is 5.20. The lowest BCUT2D eigenvalue weighted by atomic mass is 10.1. The third-order valence-corrected chi connectivity index (χ3v) is 2.23. The first kappa shape index (κ1) is 14.2. The van der Waals surface area contributed by atoms with E-state index in [0.717, 1.165) is 4.90 Å². The summed E-state index contributed by atoms with van der Waals surface area (Å²) >= 11 is 0. The van der Waals surface area contributed by atoms with Crippen molar-refractivity contribution < 1.29 is 23.9 Å². The summed E-state index contributed by atoms with van der Waals surface area (Å²) in [6.07, 6.45) is 1.72. The molecule has 0 saturated carbocycles. The molecule has 0 bridgehead atoms. The first-order chi connectivity index (χ1) is 8.24. The molecule has 1 amide bonds. The average Bonchev–Trinajstić information content (AvgIpc) is 2.25. The Morgan fingerprint density at radius 1 is 1.39 bits per heavy atom. The second-order valence-electron chi connectivity index (χ2n) is 4.91. The molecule has 6 nitrogen and oxygen atoms in total. The Balaban J connectivity index is 2.89. The highest BCUT2D eigenvalue weighted by molar-refractivity contribution is 5.97. The number of carbonyl (C=O) groups is 3. The molecule has 1 atom stereocenters. The molecule has 0 saturated heterocycles. The smallest absolute Gasteiger partial charge is 0.415 e. The van der Waals surface area contributed by atoms with Crippen molar-refractivity contribution in [2.75, 3.05) is 7.11 Å². The highest BCUT2D eigenvalue weighted by Gasteiger charge is 2.35. The van der Waals surface area contributed by atoms with Gasteiger partial charge in [-0.15, -0.1) is 0 Å². The lowest BCUT2D eigenvalue weighted by Crippen LogP contribution is -2.47. The molecule has 0 aromatic carbocycles. The van der Waals surface area contributed by atoms with E-state index in [0.29, 0.717) is 0 Å². The number of nitrogens with zero attached hydrogens (tertiary/aromatic N) is 1. The number of carbonyl (C=O) groups excluding carboxylic acids is 3. The summed E-state index contributed by atoms with van der Waals surface area (Å²) in [5, 5.41) is 0. The van der Waals surface area contributed by atoms with Crippen molar-refractivity contribution >= 4 is 17.8 Å². The Bertz CT molecular complexity index is 394. The standard InChI is InChI=1S/C12H17NO5/c1-12(2,3)18-11(16)13-6-5-8(14)7-9(13)10(15)17-4/h5-6,9H,7H2,1-4H3.